The van der Waals surface area contributed by atoms with E-state index in [0.717, 1.165) is 107 Å². The minimum atomic E-state index is -1.25. The van der Waals surface area contributed by atoms with Gasteiger partial charge in [0.2, 0.25) is 5.91 Å². The molecule has 42 radical (unpaired) electrons. The molecule has 2 N–H and O–H groups in total. The number of ether oxygens (including phenoxy) is 2. The Labute approximate surface area is 725 Å². The highest BCUT2D eigenvalue weighted by molar-refractivity contribution is 9.10. The second kappa shape index (κ2) is 43.2. The molecule has 0 aromatic heterocycles. The number of hydrogen-bond donors (Lipinski definition) is 2. The predicted molar refractivity (Wildman–Crippen MR) is 524 cm³/mol. The van der Waals surface area contributed by atoms with E-state index < -0.39 is 133 Å². The number of methoxy groups -OCH3 is 2. The first-order valence-corrected chi connectivity index (χ1v) is 42.2. The van der Waals surface area contributed by atoms with Crippen molar-refractivity contribution in [3.8, 4) is 0 Å². The zero-order chi connectivity index (χ0) is 83.1. The van der Waals surface area contributed by atoms with Gasteiger partial charge in [0, 0.05) is 327 Å². The fraction of sp³-hybridized carbons (Fsp3) is 0.778. The lowest BCUT2D eigenvalue weighted by atomic mass is 8.27. The highest BCUT2D eigenvalue weighted by Gasteiger charge is 2.66. The van der Waals surface area contributed by atoms with Gasteiger partial charge in [0.1, 0.15) is 0 Å². The van der Waals surface area contributed by atoms with E-state index in [4.69, 9.17) is 177 Å². The van der Waals surface area contributed by atoms with Crippen molar-refractivity contribution in [2.75, 3.05) is 41.6 Å². The van der Waals surface area contributed by atoms with Gasteiger partial charge in [0.05, 0.1) is 31.5 Å². The number of rotatable bonds is 28. The number of halogens is 1. The van der Waals surface area contributed by atoms with Crippen LogP contribution in [0.5, 0.6) is 0 Å². The number of nitrogens with zero attached hydrogens (tertiary/aromatic N) is 1. The van der Waals surface area contributed by atoms with Gasteiger partial charge in [0.15, 0.2) is 5.78 Å². The van der Waals surface area contributed by atoms with Crippen molar-refractivity contribution >= 4 is 311 Å². The van der Waals surface area contributed by atoms with Gasteiger partial charge in [-0.2, -0.15) is 0 Å². The molecule has 8 aliphatic rings. The Morgan fingerprint density at radius 3 is 1.08 bits per heavy atom. The molecule has 49 heteroatoms. The van der Waals surface area contributed by atoms with Gasteiger partial charge in [-0.25, -0.2) is 5.06 Å². The summed E-state index contributed by atoms with van der Waals surface area (Å²) in [6.07, 6.45) is 0.276. The molecule has 0 bridgehead atoms. The Kier molecular flexibility index (Phi) is 39.0. The number of fused-ring (bicyclic) bond motifs is 10. The molecule has 2 aromatic rings. The van der Waals surface area contributed by atoms with Crippen LogP contribution in [0, 0.1) is 80.8 Å². The summed E-state index contributed by atoms with van der Waals surface area (Å²) in [4.78, 5) is 31.9. The van der Waals surface area contributed by atoms with E-state index in [1.165, 1.54) is 61.1 Å². The maximum atomic E-state index is 13.7. The molecule has 112 heavy (non-hydrogen) atoms. The van der Waals surface area contributed by atoms with Gasteiger partial charge in [0.25, 0.3) is 0 Å². The Balaban J connectivity index is 0.000000248. The van der Waals surface area contributed by atoms with E-state index in [0.29, 0.717) is 53.1 Å². The quantitative estimate of drug-likeness (QED) is 0.0637. The second-order valence-electron chi connectivity index (χ2n) is 36.8. The highest BCUT2D eigenvalue weighted by atomic mass is 79.9. The van der Waals surface area contributed by atoms with Gasteiger partial charge in [-0.15, -0.1) is 0 Å². The van der Waals surface area contributed by atoms with Gasteiger partial charge in [-0.1, -0.05) is 87.4 Å². The zero-order valence-corrected chi connectivity index (χ0v) is 70.4. The van der Waals surface area contributed by atoms with Gasteiger partial charge >= 0.3 is 0 Å². The van der Waals surface area contributed by atoms with Crippen LogP contribution in [0.2, 0.25) is 0 Å². The monoisotopic (exact) mass is 1500 g/mol. The third-order valence-electron chi connectivity index (χ3n) is 30.3. The fourth-order valence-corrected chi connectivity index (χ4v) is 25.2. The van der Waals surface area contributed by atoms with Crippen molar-refractivity contribution in [2.24, 2.45) is 80.8 Å². The Morgan fingerprint density at radius 1 is 0.429 bits per heavy atom. The Morgan fingerprint density at radius 2 is 0.759 bits per heavy atom. The van der Waals surface area contributed by atoms with Gasteiger partial charge in [-0.05, 0) is 235 Å². The largest absolute Gasteiger partial charge is 0.390 e. The van der Waals surface area contributed by atoms with Crippen LogP contribution >= 0.6 is 15.9 Å². The minimum absolute atomic E-state index is 0. The van der Waals surface area contributed by atoms with Crippen molar-refractivity contribution in [1.29, 1.82) is 0 Å². The van der Waals surface area contributed by atoms with Crippen LogP contribution in [0.15, 0.2) is 53.0 Å². The number of carbonyl (C=O) groups is 2. The second-order valence-corrected chi connectivity index (χ2v) is 37.7. The van der Waals surface area contributed by atoms with E-state index in [-0.39, 0.29) is 46.8 Å². The summed E-state index contributed by atoms with van der Waals surface area (Å²) in [6, 6.07) is 16.8. The summed E-state index contributed by atoms with van der Waals surface area (Å²) in [5.74, 6) is 5.95. The van der Waals surface area contributed by atoms with Crippen LogP contribution in [0.3, 0.4) is 0 Å². The Hall–Kier alpha value is 0.457. The predicted octanol–water partition coefficient (Wildman–Crippen LogP) is -1.07. The molecule has 0 saturated heterocycles. The first-order valence-electron chi connectivity index (χ1n) is 41.4. The molecule has 1 amide bonds. The smallest absolute Gasteiger partial charge is 0.249 e. The van der Waals surface area contributed by atoms with E-state index >= 15 is 0 Å². The van der Waals surface area contributed by atoms with Crippen LogP contribution in [0.4, 0.5) is 0 Å². The maximum absolute atomic E-state index is 13.7. The summed E-state index contributed by atoms with van der Waals surface area (Å²) < 4.78 is 12.9. The van der Waals surface area contributed by atoms with Crippen molar-refractivity contribution in [3.63, 3.8) is 0 Å². The minimum Gasteiger partial charge on any atom is -0.390 e. The molecule has 8 fully saturated rings. The standard InChI is InChI=1S/C30H44O3.C24H41NO4.C8H9Br.CH4.B40/c1-5-20-6-8-21(9-7-20)27(31)26-13-12-24-23-11-10-22-18-28(2,32)16-17-30(22,19-33-4)25(23)14-15-29(24,26)3;1-22(27)12-13-24(15-28-4)16(14-22)6-7-17-18-8-9-20(21(26)25(3)29-5)23(18,2)11-10-19(17)24;1-2-7-3-5-8(9)6-4-7;;1-22(2)32(21)37(31(19)20)40(38(33(23(3)4)24(5)6)34(25(7)8)26(9)10)39(35(27(11)12)28(13)14)36(29(15)16)30(17)18/h6-9,22-26,32H,5,10-19H2,1-4H3;16-20,27H,6-15H2,1-5H3;3-6H,2H2,1H3;1H4;/t22-,23-,24-,25-,26+,28+,29-,30+;16-,17-,18-,19-,20+,22+,23-,24+;;;/m00.../s1. The normalized spacial score (nSPS) is 30.0. The number of ketones is 1. The lowest BCUT2D eigenvalue weighted by Gasteiger charge is -2.62. The van der Waals surface area contributed by atoms with E-state index in [2.05, 4.69) is 92.2 Å². The average Bonchev–Trinajstić information content (AvgIpc) is 1.37. The highest BCUT2D eigenvalue weighted by Crippen LogP contribution is 2.70. The first kappa shape index (κ1) is 101. The summed E-state index contributed by atoms with van der Waals surface area (Å²) in [6.45, 7) is 14.9. The molecule has 8 aliphatic carbocycles. The number of aliphatic hydroxyl groups is 2. The molecule has 2 aromatic carbocycles. The van der Waals surface area contributed by atoms with E-state index in [1.54, 1.807) is 14.2 Å². The van der Waals surface area contributed by atoms with Crippen molar-refractivity contribution in [3.05, 3.63) is 69.7 Å². The summed E-state index contributed by atoms with van der Waals surface area (Å²) in [7, 11) is 138. The number of hydrogen-bond acceptors (Lipinski definition) is 7. The first-order chi connectivity index (χ1) is 51.9. The van der Waals surface area contributed by atoms with E-state index in [1.807, 2.05) is 28.1 Å². The number of aryl methyl sites for hydroxylation is 2. The number of amides is 1. The maximum Gasteiger partial charge on any atom is 0.249 e. The fourth-order valence-electron chi connectivity index (χ4n) is 25.0. The molecule has 0 spiro atoms. The summed E-state index contributed by atoms with van der Waals surface area (Å²) in [5.41, 5.74) is 3.22. The van der Waals surface area contributed by atoms with Crippen molar-refractivity contribution < 1.29 is 34.1 Å². The zero-order valence-electron chi connectivity index (χ0n) is 68.8. The van der Waals surface area contributed by atoms with Crippen molar-refractivity contribution in [2.45, 2.75) is 189 Å². The van der Waals surface area contributed by atoms with Crippen molar-refractivity contribution in [1.82, 2.24) is 5.06 Å². The molecule has 16 atom stereocenters. The number of Topliss-reactive ketones (excluding diaryl/α,β-unsaturated/α-hetero) is 1. The van der Waals surface area contributed by atoms with Gasteiger partial charge in [-0.3, -0.25) is 14.4 Å². The number of hydroxylamine groups is 2. The molecular weight excluding hydrogens is 1400 g/mol. The molecule has 0 aliphatic heterocycles. The summed E-state index contributed by atoms with van der Waals surface area (Å²) in [5, 5.41) is 23.0. The number of benzene rings is 2. The summed E-state index contributed by atoms with van der Waals surface area (Å²) >= 11 is 3.37. The van der Waals surface area contributed by atoms with Crippen LogP contribution in [-0.2, 0) is 31.9 Å². The van der Waals surface area contributed by atoms with Crippen LogP contribution in [-0.4, -0.2) is 364 Å². The topological polar surface area (TPSA) is 106 Å². The SMILES string of the molecule is C.CCc1ccc(Br)cc1.CCc1ccc(C(=O)[C@H]2CC[C@H]3[C@@H]4CC[C@H]5C[C@](C)(O)CC[C@]5(COC)[C@H]4CC[C@]23C)cc1.COC[C@]12CC[C@@](C)(O)C[C@@H]1CC[C@H]1[C@@H]3CC[C@H](C(=O)N(C)OC)[C@@]3(C)CC[C@@H]12.[B]B([B])B([B])B(B([B])[B])B(B(B(B([B])[B])B([B])[B])B(B([B])[B])B([B])[B])B(B(B([B])[B])B([B])[B])B(B([B])[B])B([B])[B]. The molecular formula is C63H98B40BrNO7. The van der Waals surface area contributed by atoms with Crippen LogP contribution in [0.25, 0.3) is 0 Å². The van der Waals surface area contributed by atoms with Crippen LogP contribution < -0.4 is 0 Å². The molecule has 524 valence electrons. The lowest BCUT2D eigenvalue weighted by molar-refractivity contribution is -0.188. The third-order valence-corrected chi connectivity index (χ3v) is 30.8. The van der Waals surface area contributed by atoms with E-state index in [9.17, 15) is 19.8 Å². The number of carbonyl (C=O) groups excluding carboxylic acids is 2. The molecule has 10 rings (SSSR count). The van der Waals surface area contributed by atoms with Crippen LogP contribution in [0.1, 0.15) is 186 Å². The third kappa shape index (κ3) is 22.5. The Bertz CT molecular complexity index is 3110. The molecule has 0 unspecified atom stereocenters. The molecule has 8 nitrogen and oxygen atoms in total. The lowest BCUT2D eigenvalue weighted by Crippen LogP contribution is -2.92. The average molecular weight is 1490 g/mol. The molecule has 8 saturated carbocycles. The van der Waals surface area contributed by atoms with Gasteiger partial charge < -0.3 is 19.7 Å². The molecule has 0 heterocycles.